The Kier molecular flexibility index (Phi) is 17.6. The van der Waals surface area contributed by atoms with E-state index in [1.165, 1.54) is 26.8 Å². The van der Waals surface area contributed by atoms with Crippen LogP contribution in [0.3, 0.4) is 0 Å². The number of anilines is 1. The molecule has 3 aromatic heterocycles. The number of carbonyl (C=O) groups excluding carboxylic acids is 3. The summed E-state index contributed by atoms with van der Waals surface area (Å²) in [6.07, 6.45) is -2.30. The summed E-state index contributed by atoms with van der Waals surface area (Å²) in [5.74, 6) is -0.519. The third kappa shape index (κ3) is 14.5. The third-order valence-electron chi connectivity index (χ3n) is 8.30. The lowest BCUT2D eigenvalue weighted by molar-refractivity contribution is -0.137. The molecule has 0 saturated carbocycles. The second kappa shape index (κ2) is 21.1. The number of aliphatic hydroxyl groups is 2. The van der Waals surface area contributed by atoms with Gasteiger partial charge in [-0.3, -0.25) is 32.5 Å². The first-order valence-electron chi connectivity index (χ1n) is 17.3. The smallest absolute Gasteiger partial charge is 0.385 e. The maximum absolute atomic E-state index is 12.8. The van der Waals surface area contributed by atoms with Gasteiger partial charge in [0.05, 0.1) is 23.8 Å². The van der Waals surface area contributed by atoms with Crippen LogP contribution in [-0.4, -0.2) is 128 Å². The van der Waals surface area contributed by atoms with Crippen LogP contribution in [-0.2, 0) is 56.4 Å². The lowest BCUT2D eigenvalue weighted by Crippen LogP contribution is -2.46. The highest BCUT2D eigenvalue weighted by atomic mass is 32.2. The Morgan fingerprint density at radius 1 is 1.12 bits per heavy atom. The predicted octanol–water partition coefficient (Wildman–Crippen LogP) is 1.25. The minimum atomic E-state index is -5.60. The molecule has 4 rings (SSSR count). The van der Waals surface area contributed by atoms with Gasteiger partial charge in [0.2, 0.25) is 16.9 Å². The lowest BCUT2D eigenvalue weighted by atomic mass is 9.87. The van der Waals surface area contributed by atoms with Gasteiger partial charge in [0.1, 0.15) is 36.3 Å². The van der Waals surface area contributed by atoms with Crippen molar-refractivity contribution >= 4 is 92.2 Å². The zero-order valence-corrected chi connectivity index (χ0v) is 37.0. The maximum Gasteiger partial charge on any atom is 0.481 e. The van der Waals surface area contributed by atoms with Gasteiger partial charge in [0, 0.05) is 36.4 Å². The number of fused-ring (bicyclic) bond motifs is 1. The summed E-state index contributed by atoms with van der Waals surface area (Å²) >= 11 is 4.24. The summed E-state index contributed by atoms with van der Waals surface area (Å²) in [4.78, 5) is 88.2. The molecule has 334 valence electrons. The number of nitrogens with zero attached hydrogens (tertiary/aromatic N) is 4. The highest BCUT2D eigenvalue weighted by Crippen LogP contribution is 2.61. The molecular formula is C30H44N7O17P3S3. The van der Waals surface area contributed by atoms with Crippen molar-refractivity contribution in [2.75, 3.05) is 43.5 Å². The minimum absolute atomic E-state index is 0.0177. The van der Waals surface area contributed by atoms with E-state index in [1.54, 1.807) is 29.2 Å². The molecule has 4 heterocycles. The Morgan fingerprint density at radius 3 is 2.52 bits per heavy atom. The maximum atomic E-state index is 12.8. The van der Waals surface area contributed by atoms with Crippen molar-refractivity contribution in [2.24, 2.45) is 5.41 Å². The number of imidazole rings is 1. The Balaban J connectivity index is 1.21. The highest BCUT2D eigenvalue weighted by molar-refractivity contribution is 8.14. The van der Waals surface area contributed by atoms with Crippen LogP contribution >= 0.6 is 58.3 Å². The number of hydrogen-bond donors (Lipinski definition) is 9. The van der Waals surface area contributed by atoms with Crippen LogP contribution in [0.1, 0.15) is 27.2 Å². The molecule has 10 N–H and O–H groups in total. The minimum Gasteiger partial charge on any atom is -0.385 e. The molecule has 1 aliphatic heterocycles. The number of nitrogens with two attached hydrogens (primary N) is 1. The summed E-state index contributed by atoms with van der Waals surface area (Å²) in [6.45, 7) is 1.68. The van der Waals surface area contributed by atoms with Gasteiger partial charge in [-0.05, 0) is 24.4 Å². The van der Waals surface area contributed by atoms with Gasteiger partial charge in [-0.2, -0.15) is 4.31 Å². The van der Waals surface area contributed by atoms with Gasteiger partial charge >= 0.3 is 23.5 Å². The van der Waals surface area contributed by atoms with Crippen LogP contribution in [0, 0.1) is 5.41 Å². The number of amides is 2. The number of thiophene rings is 1. The number of rotatable bonds is 23. The molecule has 7 atom stereocenters. The van der Waals surface area contributed by atoms with Gasteiger partial charge in [0.25, 0.3) is 0 Å². The molecule has 1 aliphatic rings. The van der Waals surface area contributed by atoms with E-state index in [2.05, 4.69) is 29.9 Å². The largest absolute Gasteiger partial charge is 0.481 e. The van der Waals surface area contributed by atoms with Crippen LogP contribution < -0.4 is 16.4 Å². The van der Waals surface area contributed by atoms with Crippen LogP contribution in [0.2, 0.25) is 0 Å². The van der Waals surface area contributed by atoms with Crippen molar-refractivity contribution in [3.63, 3.8) is 0 Å². The summed E-state index contributed by atoms with van der Waals surface area (Å²) < 4.78 is 63.9. The molecule has 1 fully saturated rings. The lowest BCUT2D eigenvalue weighted by Gasteiger charge is -2.30. The number of aromatic nitrogens is 4. The topological polar surface area (TPSA) is 364 Å². The first-order chi connectivity index (χ1) is 27.9. The van der Waals surface area contributed by atoms with Crippen LogP contribution in [0.15, 0.2) is 46.5 Å². The molecule has 0 aliphatic carbocycles. The second-order valence-electron chi connectivity index (χ2n) is 13.4. The highest BCUT2D eigenvalue weighted by Gasteiger charge is 2.57. The van der Waals surface area contributed by atoms with Crippen LogP contribution in [0.5, 0.6) is 0 Å². The summed E-state index contributed by atoms with van der Waals surface area (Å²) in [5.41, 5.74) is 2.30. The molecule has 24 nitrogen and oxygen atoms in total. The van der Waals surface area contributed by atoms with E-state index in [4.69, 9.17) is 24.0 Å². The van der Waals surface area contributed by atoms with Crippen molar-refractivity contribution in [1.82, 2.24) is 30.2 Å². The average Bonchev–Trinajstić information content (AvgIpc) is 3.90. The quantitative estimate of drug-likeness (QED) is 0.0279. The molecule has 30 heteroatoms. The normalized spacial score (nSPS) is 22.4. The number of nitrogens with one attached hydrogen (secondary N) is 2. The Bertz CT molecular complexity index is 2140. The molecule has 3 aromatic rings. The number of hydrogen-bond acceptors (Lipinski definition) is 20. The van der Waals surface area contributed by atoms with Gasteiger partial charge in [-0.25, -0.2) is 28.6 Å². The third-order valence-corrected chi connectivity index (χ3v) is 14.3. The first-order valence-corrected chi connectivity index (χ1v) is 24.7. The molecule has 7 unspecified atom stereocenters. The van der Waals surface area contributed by atoms with Crippen molar-refractivity contribution in [3.8, 4) is 0 Å². The number of thioether (sulfide) groups is 2. The first kappa shape index (κ1) is 50.0. The van der Waals surface area contributed by atoms with E-state index in [0.717, 1.165) is 33.2 Å². The van der Waals surface area contributed by atoms with E-state index in [9.17, 15) is 57.9 Å². The van der Waals surface area contributed by atoms with Crippen LogP contribution in [0.25, 0.3) is 11.2 Å². The van der Waals surface area contributed by atoms with Crippen molar-refractivity contribution in [3.05, 3.63) is 42.3 Å². The van der Waals surface area contributed by atoms with E-state index >= 15 is 0 Å². The fourth-order valence-electron chi connectivity index (χ4n) is 5.26. The van der Waals surface area contributed by atoms with Crippen LogP contribution in [0.4, 0.5) is 5.82 Å². The second-order valence-corrected chi connectivity index (χ2v) is 21.0. The fraction of sp³-hybridized carbons (Fsp3) is 0.533. The van der Waals surface area contributed by atoms with E-state index in [-0.39, 0.29) is 41.6 Å². The number of phosphoric acid groups is 3. The number of nitrogen functional groups attached to an aromatic ring is 1. The number of carbonyl (C=O) groups is 3. The number of aliphatic hydroxyl groups excluding tert-OH is 2. The summed E-state index contributed by atoms with van der Waals surface area (Å²) in [6, 6.07) is 3.93. The zero-order chi connectivity index (χ0) is 44.5. The van der Waals surface area contributed by atoms with E-state index < -0.39 is 84.1 Å². The Hall–Kier alpha value is -2.65. The average molecular weight is 964 g/mol. The molecule has 60 heavy (non-hydrogen) atoms. The Labute approximate surface area is 354 Å². The fourth-order valence-corrected chi connectivity index (χ4v) is 10.3. The summed E-state index contributed by atoms with van der Waals surface area (Å²) in [5, 5.41) is 28.5. The monoisotopic (exact) mass is 963 g/mol. The standard InChI is InChI=1S/C30H44N7O17P3S3/c1-29(2,25(41)28(42)33-9-8-19(38)32-10-13-58-20(39)6-4-11-59-21-7-5-12-60-21)15-51-57(48,49)54-56(46,47)50-14-18-23(53-55(43,44)45)24(40)30(3,52-18)37-17-36-22-26(31)34-16-35-27(22)37/h4-7,12,16-18,23-25,40-41H,8-11,13-15H2,1-3H3,(H,32,38)(H,33,42)(H,46,47)(H,48,49)(H2,31,34,35)(H2,43,44,45). The van der Waals surface area contributed by atoms with Crippen molar-refractivity contribution in [1.29, 1.82) is 0 Å². The van der Waals surface area contributed by atoms with Crippen molar-refractivity contribution in [2.45, 2.75) is 61.5 Å². The number of phosphoric ester groups is 3. The van der Waals surface area contributed by atoms with E-state index in [0.29, 0.717) is 11.5 Å². The van der Waals surface area contributed by atoms with Gasteiger partial charge in [0.15, 0.2) is 17.2 Å². The molecule has 0 aromatic carbocycles. The molecule has 2 amide bonds. The SMILES string of the molecule is CC(C)(COP(=O)(O)OP(=O)(O)OCC1OC(C)(n2cnc3c(N)ncnc32)C(O)C1OP(=O)(O)O)C(O)C(=O)NCCC(=O)NCCSC(=O)C=CCSc1cccs1. The van der Waals surface area contributed by atoms with Gasteiger partial charge < -0.3 is 50.9 Å². The summed E-state index contributed by atoms with van der Waals surface area (Å²) in [7, 11) is -16.5. The molecule has 1 saturated heterocycles. The van der Waals surface area contributed by atoms with E-state index in [1.807, 2.05) is 17.5 Å². The Morgan fingerprint density at radius 2 is 1.83 bits per heavy atom. The molecular weight excluding hydrogens is 919 g/mol. The predicted molar refractivity (Wildman–Crippen MR) is 216 cm³/mol. The zero-order valence-electron chi connectivity index (χ0n) is 31.9. The van der Waals surface area contributed by atoms with Gasteiger partial charge in [-0.15, -0.1) is 23.1 Å². The van der Waals surface area contributed by atoms with Crippen molar-refractivity contribution < 1.29 is 80.5 Å². The number of ether oxygens (including phenoxy) is 1. The van der Waals surface area contributed by atoms with Gasteiger partial charge in [-0.1, -0.05) is 37.8 Å². The molecule has 0 spiro atoms. The molecule has 0 bridgehead atoms. The molecule has 0 radical (unpaired) electrons.